The second-order valence-corrected chi connectivity index (χ2v) is 3.49. The maximum atomic E-state index is 11.0. The van der Waals surface area contributed by atoms with Gasteiger partial charge < -0.3 is 20.0 Å². The number of aromatic carboxylic acids is 1. The van der Waals surface area contributed by atoms with E-state index in [4.69, 9.17) is 20.0 Å². The van der Waals surface area contributed by atoms with Crippen LogP contribution in [0.1, 0.15) is 17.5 Å². The van der Waals surface area contributed by atoms with E-state index >= 15 is 0 Å². The quantitative estimate of drug-likeness (QED) is 0.858. The largest absolute Gasteiger partial charge is 0.494 e. The van der Waals surface area contributed by atoms with Gasteiger partial charge in [0.15, 0.2) is 0 Å². The minimum atomic E-state index is -1.21. The lowest BCUT2D eigenvalue weighted by molar-refractivity contribution is 0.0665. The molecule has 1 heterocycles. The summed E-state index contributed by atoms with van der Waals surface area (Å²) in [6.07, 6.45) is 0. The van der Waals surface area contributed by atoms with E-state index in [2.05, 4.69) is 4.98 Å². The molecule has 2 aromatic rings. The Labute approximate surface area is 103 Å². The highest BCUT2D eigenvalue weighted by Crippen LogP contribution is 2.26. The van der Waals surface area contributed by atoms with Crippen molar-refractivity contribution in [3.63, 3.8) is 0 Å². The molecule has 0 fully saturated rings. The molecule has 0 unspecified atom stereocenters. The average Bonchev–Trinajstić information content (AvgIpc) is 2.73. The van der Waals surface area contributed by atoms with Crippen molar-refractivity contribution < 1.29 is 19.1 Å². The van der Waals surface area contributed by atoms with Crippen LogP contribution in [0.3, 0.4) is 0 Å². The Morgan fingerprint density at radius 1 is 1.44 bits per heavy atom. The van der Waals surface area contributed by atoms with Gasteiger partial charge in [0, 0.05) is 5.56 Å². The van der Waals surface area contributed by atoms with Gasteiger partial charge in [-0.3, -0.25) is 0 Å². The van der Waals surface area contributed by atoms with Crippen molar-refractivity contribution in [2.75, 3.05) is 12.3 Å². The number of aromatic nitrogens is 1. The maximum Gasteiger partial charge on any atom is 0.374 e. The third-order valence-electron chi connectivity index (χ3n) is 2.28. The summed E-state index contributed by atoms with van der Waals surface area (Å²) in [5.74, 6) is -0.769. The number of anilines is 1. The molecule has 0 saturated carbocycles. The van der Waals surface area contributed by atoms with Crippen LogP contribution in [0, 0.1) is 0 Å². The number of carboxylic acid groups (broad SMARTS) is 1. The number of hydrogen-bond donors (Lipinski definition) is 2. The van der Waals surface area contributed by atoms with Crippen LogP contribution in [0.15, 0.2) is 28.7 Å². The van der Waals surface area contributed by atoms with Crippen molar-refractivity contribution >= 4 is 12.0 Å². The molecule has 0 bridgehead atoms. The highest BCUT2D eigenvalue weighted by molar-refractivity contribution is 5.92. The van der Waals surface area contributed by atoms with Crippen molar-refractivity contribution in [2.45, 2.75) is 6.92 Å². The van der Waals surface area contributed by atoms with E-state index in [0.29, 0.717) is 17.9 Å². The Bertz CT molecular complexity index is 560. The fourth-order valence-electron chi connectivity index (χ4n) is 1.55. The Kier molecular flexibility index (Phi) is 3.18. The van der Waals surface area contributed by atoms with E-state index in [9.17, 15) is 4.79 Å². The monoisotopic (exact) mass is 248 g/mol. The molecule has 0 spiro atoms. The van der Waals surface area contributed by atoms with Crippen LogP contribution in [0.5, 0.6) is 5.75 Å². The first kappa shape index (κ1) is 12.0. The van der Waals surface area contributed by atoms with Gasteiger partial charge in [0.2, 0.25) is 5.76 Å². The number of nitrogens with zero attached hydrogens (tertiary/aromatic N) is 1. The molecule has 0 aliphatic heterocycles. The molecule has 6 heteroatoms. The van der Waals surface area contributed by atoms with E-state index in [-0.39, 0.29) is 17.5 Å². The van der Waals surface area contributed by atoms with E-state index in [0.717, 1.165) is 0 Å². The smallest absolute Gasteiger partial charge is 0.374 e. The highest BCUT2D eigenvalue weighted by Gasteiger charge is 2.19. The van der Waals surface area contributed by atoms with Gasteiger partial charge in [-0.05, 0) is 31.2 Å². The minimum absolute atomic E-state index is 0.170. The van der Waals surface area contributed by atoms with Gasteiger partial charge in [0.05, 0.1) is 6.61 Å². The van der Waals surface area contributed by atoms with Crippen LogP contribution < -0.4 is 10.5 Å². The summed E-state index contributed by atoms with van der Waals surface area (Å²) in [7, 11) is 0. The van der Waals surface area contributed by atoms with Crippen LogP contribution in [-0.2, 0) is 0 Å². The zero-order valence-electron chi connectivity index (χ0n) is 9.71. The fraction of sp³-hybridized carbons (Fsp3) is 0.167. The Balaban J connectivity index is 2.39. The maximum absolute atomic E-state index is 11.0. The van der Waals surface area contributed by atoms with Gasteiger partial charge in [-0.2, -0.15) is 4.98 Å². The topological polar surface area (TPSA) is 98.6 Å². The Hall–Kier alpha value is -2.50. The summed E-state index contributed by atoms with van der Waals surface area (Å²) in [4.78, 5) is 14.8. The predicted octanol–water partition coefficient (Wildman–Crippen LogP) is 2.02. The lowest BCUT2D eigenvalue weighted by Gasteiger charge is -2.03. The molecule has 0 amide bonds. The van der Waals surface area contributed by atoms with E-state index in [1.807, 2.05) is 6.92 Å². The standard InChI is InChI=1S/C12H12N2O4/c1-2-17-8-5-3-7(4-6-8)9-10(11(15)16)18-12(13)14-9/h3-6H,2H2,1H3,(H2,13,14)(H,15,16). The number of carboxylic acids is 1. The lowest BCUT2D eigenvalue weighted by atomic mass is 10.1. The summed E-state index contributed by atoms with van der Waals surface area (Å²) in [6, 6.07) is 6.70. The molecular weight excluding hydrogens is 236 g/mol. The van der Waals surface area contributed by atoms with Gasteiger partial charge in [-0.25, -0.2) is 4.79 Å². The molecule has 6 nitrogen and oxygen atoms in total. The molecule has 2 rings (SSSR count). The zero-order chi connectivity index (χ0) is 13.1. The third kappa shape index (κ3) is 2.27. The third-order valence-corrected chi connectivity index (χ3v) is 2.28. The number of rotatable bonds is 4. The summed E-state index contributed by atoms with van der Waals surface area (Å²) in [5, 5.41) is 8.97. The fourth-order valence-corrected chi connectivity index (χ4v) is 1.55. The molecule has 18 heavy (non-hydrogen) atoms. The first-order valence-corrected chi connectivity index (χ1v) is 5.34. The molecule has 0 saturated heterocycles. The van der Waals surface area contributed by atoms with Gasteiger partial charge in [-0.15, -0.1) is 0 Å². The Morgan fingerprint density at radius 3 is 2.67 bits per heavy atom. The van der Waals surface area contributed by atoms with Gasteiger partial charge in [0.1, 0.15) is 11.4 Å². The molecule has 94 valence electrons. The predicted molar refractivity (Wildman–Crippen MR) is 64.5 cm³/mol. The first-order chi connectivity index (χ1) is 8.61. The average molecular weight is 248 g/mol. The van der Waals surface area contributed by atoms with E-state index < -0.39 is 5.97 Å². The highest BCUT2D eigenvalue weighted by atomic mass is 16.5. The van der Waals surface area contributed by atoms with Crippen LogP contribution in [0.4, 0.5) is 6.01 Å². The molecule has 0 radical (unpaired) electrons. The molecule has 0 aliphatic carbocycles. The molecule has 1 aromatic heterocycles. The van der Waals surface area contributed by atoms with E-state index in [1.165, 1.54) is 0 Å². The van der Waals surface area contributed by atoms with Crippen molar-refractivity contribution in [1.82, 2.24) is 4.98 Å². The first-order valence-electron chi connectivity index (χ1n) is 5.34. The van der Waals surface area contributed by atoms with Crippen LogP contribution in [0.2, 0.25) is 0 Å². The number of oxazole rings is 1. The summed E-state index contributed by atoms with van der Waals surface area (Å²) in [6.45, 7) is 2.45. The second kappa shape index (κ2) is 4.79. The summed E-state index contributed by atoms with van der Waals surface area (Å²) < 4.78 is 10.1. The van der Waals surface area contributed by atoms with Crippen LogP contribution >= 0.6 is 0 Å². The lowest BCUT2D eigenvalue weighted by Crippen LogP contribution is -1.97. The summed E-state index contributed by atoms with van der Waals surface area (Å²) in [5.41, 5.74) is 6.19. The number of ether oxygens (including phenoxy) is 1. The minimum Gasteiger partial charge on any atom is -0.494 e. The van der Waals surface area contributed by atoms with E-state index in [1.54, 1.807) is 24.3 Å². The van der Waals surface area contributed by atoms with Crippen LogP contribution in [-0.4, -0.2) is 22.7 Å². The summed E-state index contributed by atoms with van der Waals surface area (Å²) >= 11 is 0. The van der Waals surface area contributed by atoms with Gasteiger partial charge in [0.25, 0.3) is 6.01 Å². The van der Waals surface area contributed by atoms with Gasteiger partial charge >= 0.3 is 5.97 Å². The second-order valence-electron chi connectivity index (χ2n) is 3.49. The van der Waals surface area contributed by atoms with Crippen LogP contribution in [0.25, 0.3) is 11.3 Å². The molecule has 3 N–H and O–H groups in total. The molecular formula is C12H12N2O4. The van der Waals surface area contributed by atoms with Crippen molar-refractivity contribution in [3.8, 4) is 17.0 Å². The Morgan fingerprint density at radius 2 is 2.11 bits per heavy atom. The van der Waals surface area contributed by atoms with Crippen molar-refractivity contribution in [1.29, 1.82) is 0 Å². The van der Waals surface area contributed by atoms with Crippen molar-refractivity contribution in [3.05, 3.63) is 30.0 Å². The number of nitrogens with two attached hydrogens (primary N) is 1. The number of nitrogen functional groups attached to an aromatic ring is 1. The molecule has 1 aromatic carbocycles. The molecule has 0 aliphatic rings. The number of benzene rings is 1. The van der Waals surface area contributed by atoms with Gasteiger partial charge in [-0.1, -0.05) is 0 Å². The number of carbonyl (C=O) groups is 1. The normalized spacial score (nSPS) is 10.3. The van der Waals surface area contributed by atoms with Crippen molar-refractivity contribution in [2.24, 2.45) is 0 Å². The molecule has 0 atom stereocenters. The number of hydrogen-bond acceptors (Lipinski definition) is 5. The SMILES string of the molecule is CCOc1ccc(-c2nc(N)oc2C(=O)O)cc1. The zero-order valence-corrected chi connectivity index (χ0v) is 9.71.